The summed E-state index contributed by atoms with van der Waals surface area (Å²) in [7, 11) is 0. The summed E-state index contributed by atoms with van der Waals surface area (Å²) in [6.07, 6.45) is 73.7. The minimum atomic E-state index is -0.769. The van der Waals surface area contributed by atoms with Gasteiger partial charge in [0.05, 0.1) is 0 Å². The van der Waals surface area contributed by atoms with E-state index in [1.165, 1.54) is 276 Å². The van der Waals surface area contributed by atoms with Crippen molar-refractivity contribution < 1.29 is 28.6 Å². The number of carbonyl (C=O) groups excluding carboxylic acids is 3. The molecule has 0 aliphatic rings. The Bertz CT molecular complexity index is 1130. The lowest BCUT2D eigenvalue weighted by atomic mass is 10.0. The highest BCUT2D eigenvalue weighted by Gasteiger charge is 2.19. The number of allylic oxidation sites excluding steroid dienone is 2. The second-order valence-corrected chi connectivity index (χ2v) is 22.7. The molecule has 0 heterocycles. The minimum absolute atomic E-state index is 0.0659. The lowest BCUT2D eigenvalue weighted by Gasteiger charge is -2.18. The Morgan fingerprint density at radius 1 is 0.260 bits per heavy atom. The number of ether oxygens (including phenoxy) is 3. The fourth-order valence-corrected chi connectivity index (χ4v) is 10.3. The van der Waals surface area contributed by atoms with Gasteiger partial charge in [-0.05, 0) is 44.9 Å². The van der Waals surface area contributed by atoms with Gasteiger partial charge in [-0.25, -0.2) is 0 Å². The molecule has 1 atom stereocenters. The average Bonchev–Trinajstić information content (AvgIpc) is 3.39. The van der Waals surface area contributed by atoms with Crippen LogP contribution in [0.15, 0.2) is 12.2 Å². The highest BCUT2D eigenvalue weighted by molar-refractivity contribution is 5.71. The van der Waals surface area contributed by atoms with Crippen molar-refractivity contribution in [1.29, 1.82) is 0 Å². The zero-order valence-electron chi connectivity index (χ0n) is 49.7. The third-order valence-corrected chi connectivity index (χ3v) is 15.3. The number of esters is 3. The van der Waals surface area contributed by atoms with Gasteiger partial charge in [0.15, 0.2) is 6.10 Å². The second-order valence-electron chi connectivity index (χ2n) is 22.7. The van der Waals surface area contributed by atoms with Gasteiger partial charge in [0.1, 0.15) is 13.2 Å². The number of rotatable bonds is 62. The van der Waals surface area contributed by atoms with E-state index in [9.17, 15) is 14.4 Å². The Kier molecular flexibility index (Phi) is 61.1. The van der Waals surface area contributed by atoms with Crippen molar-refractivity contribution in [3.8, 4) is 0 Å². The smallest absolute Gasteiger partial charge is 0.306 e. The van der Waals surface area contributed by atoms with Crippen LogP contribution in [0.1, 0.15) is 380 Å². The molecule has 0 aromatic heterocycles. The molecular formula is C67H128O6. The normalized spacial score (nSPS) is 12.0. The third kappa shape index (κ3) is 60.9. The molecule has 0 spiro atoms. The lowest BCUT2D eigenvalue weighted by molar-refractivity contribution is -0.167. The van der Waals surface area contributed by atoms with Gasteiger partial charge in [0.2, 0.25) is 0 Å². The van der Waals surface area contributed by atoms with Crippen LogP contribution in [0.2, 0.25) is 0 Å². The van der Waals surface area contributed by atoms with E-state index in [-0.39, 0.29) is 31.1 Å². The molecule has 0 aromatic rings. The van der Waals surface area contributed by atoms with Crippen LogP contribution in [0, 0.1) is 0 Å². The highest BCUT2D eigenvalue weighted by Crippen LogP contribution is 2.19. The summed E-state index contributed by atoms with van der Waals surface area (Å²) in [6.45, 7) is 6.70. The van der Waals surface area contributed by atoms with Crippen LogP contribution in [0.4, 0.5) is 0 Å². The van der Waals surface area contributed by atoms with Gasteiger partial charge in [-0.1, -0.05) is 328 Å². The second kappa shape index (κ2) is 62.7. The summed E-state index contributed by atoms with van der Waals surface area (Å²) in [6, 6.07) is 0. The van der Waals surface area contributed by atoms with Crippen molar-refractivity contribution in [2.45, 2.75) is 386 Å². The van der Waals surface area contributed by atoms with Crippen molar-refractivity contribution in [3.05, 3.63) is 12.2 Å². The van der Waals surface area contributed by atoms with E-state index in [4.69, 9.17) is 14.2 Å². The molecule has 0 fully saturated rings. The maximum Gasteiger partial charge on any atom is 0.306 e. The van der Waals surface area contributed by atoms with E-state index in [1.807, 2.05) is 0 Å². The quantitative estimate of drug-likeness (QED) is 0.0261. The molecule has 0 aromatic carbocycles. The highest BCUT2D eigenvalue weighted by atomic mass is 16.6. The Hall–Kier alpha value is -1.85. The van der Waals surface area contributed by atoms with Gasteiger partial charge in [-0.15, -0.1) is 0 Å². The Morgan fingerprint density at radius 2 is 0.452 bits per heavy atom. The van der Waals surface area contributed by atoms with Crippen molar-refractivity contribution >= 4 is 17.9 Å². The van der Waals surface area contributed by atoms with Gasteiger partial charge in [0.25, 0.3) is 0 Å². The molecule has 1 unspecified atom stereocenters. The molecule has 0 bridgehead atoms. The topological polar surface area (TPSA) is 78.9 Å². The first kappa shape index (κ1) is 71.2. The fourth-order valence-electron chi connectivity index (χ4n) is 10.3. The molecule has 6 heteroatoms. The first-order valence-corrected chi connectivity index (χ1v) is 33.2. The Morgan fingerprint density at radius 3 is 0.699 bits per heavy atom. The maximum absolute atomic E-state index is 12.9. The van der Waals surface area contributed by atoms with E-state index in [1.54, 1.807) is 0 Å². The van der Waals surface area contributed by atoms with Gasteiger partial charge in [0, 0.05) is 19.3 Å². The van der Waals surface area contributed by atoms with Gasteiger partial charge in [-0.2, -0.15) is 0 Å². The molecule has 0 aliphatic carbocycles. The fraction of sp³-hybridized carbons (Fsp3) is 0.925. The van der Waals surface area contributed by atoms with Crippen molar-refractivity contribution in [2.75, 3.05) is 13.2 Å². The van der Waals surface area contributed by atoms with Crippen LogP contribution in [0.25, 0.3) is 0 Å². The van der Waals surface area contributed by atoms with Crippen LogP contribution < -0.4 is 0 Å². The average molecular weight is 1030 g/mol. The molecule has 0 rings (SSSR count). The van der Waals surface area contributed by atoms with Crippen molar-refractivity contribution in [2.24, 2.45) is 0 Å². The van der Waals surface area contributed by atoms with Crippen LogP contribution in [0.5, 0.6) is 0 Å². The third-order valence-electron chi connectivity index (χ3n) is 15.3. The van der Waals surface area contributed by atoms with E-state index in [2.05, 4.69) is 32.9 Å². The van der Waals surface area contributed by atoms with Gasteiger partial charge in [-0.3, -0.25) is 14.4 Å². The van der Waals surface area contributed by atoms with Crippen LogP contribution in [-0.2, 0) is 28.6 Å². The summed E-state index contributed by atoms with van der Waals surface area (Å²) >= 11 is 0. The van der Waals surface area contributed by atoms with E-state index in [0.717, 1.165) is 64.2 Å². The Labute approximate surface area is 456 Å². The van der Waals surface area contributed by atoms with Crippen LogP contribution in [-0.4, -0.2) is 37.2 Å². The van der Waals surface area contributed by atoms with Crippen LogP contribution >= 0.6 is 0 Å². The molecule has 73 heavy (non-hydrogen) atoms. The van der Waals surface area contributed by atoms with Gasteiger partial charge < -0.3 is 14.2 Å². The summed E-state index contributed by atoms with van der Waals surface area (Å²) in [5, 5.41) is 0. The number of hydrogen-bond donors (Lipinski definition) is 0. The summed E-state index contributed by atoms with van der Waals surface area (Å²) < 4.78 is 17.0. The molecule has 0 N–H and O–H groups in total. The molecule has 0 radical (unpaired) electrons. The predicted molar refractivity (Wildman–Crippen MR) is 317 cm³/mol. The zero-order valence-corrected chi connectivity index (χ0v) is 49.7. The number of hydrogen-bond acceptors (Lipinski definition) is 6. The number of carbonyl (C=O) groups is 3. The largest absolute Gasteiger partial charge is 0.462 e. The van der Waals surface area contributed by atoms with E-state index in [0.29, 0.717) is 19.3 Å². The van der Waals surface area contributed by atoms with Crippen LogP contribution in [0.3, 0.4) is 0 Å². The molecule has 0 aliphatic heterocycles. The summed E-state index contributed by atoms with van der Waals surface area (Å²) in [5.41, 5.74) is 0. The Balaban J connectivity index is 4.24. The molecule has 0 saturated carbocycles. The maximum atomic E-state index is 12.9. The van der Waals surface area contributed by atoms with E-state index >= 15 is 0 Å². The van der Waals surface area contributed by atoms with Crippen molar-refractivity contribution in [1.82, 2.24) is 0 Å². The van der Waals surface area contributed by atoms with Crippen molar-refractivity contribution in [3.63, 3.8) is 0 Å². The monoisotopic (exact) mass is 1030 g/mol. The molecule has 432 valence electrons. The molecule has 0 amide bonds. The lowest BCUT2D eigenvalue weighted by Crippen LogP contribution is -2.30. The summed E-state index contributed by atoms with van der Waals surface area (Å²) in [4.78, 5) is 38.3. The molecular weight excluding hydrogens is 901 g/mol. The number of unbranched alkanes of at least 4 members (excludes halogenated alkanes) is 49. The molecule has 0 saturated heterocycles. The SMILES string of the molecule is CCCCCC/C=C\CCCCCCCC(=O)OCC(COC(=O)CCCCCCCCCCCCCCCCCCCCCCC)OC(=O)CCCCCCCCCCCCCCCCCCCCCCC. The van der Waals surface area contributed by atoms with Gasteiger partial charge >= 0.3 is 17.9 Å². The zero-order chi connectivity index (χ0) is 52.9. The molecule has 6 nitrogen and oxygen atoms in total. The van der Waals surface area contributed by atoms with E-state index < -0.39 is 6.10 Å². The standard InChI is InChI=1S/C67H128O6/c1-4-7-10-13-16-19-22-25-27-29-31-33-35-37-39-42-45-48-51-54-57-60-66(69)72-63-64(62-71-65(68)59-56-53-50-47-44-41-24-21-18-15-12-9-6-3)73-67(70)61-58-55-52-49-46-43-40-38-36-34-32-30-28-26-23-20-17-14-11-8-5-2/h21,24,64H,4-20,22-23,25-63H2,1-3H3/b24-21-. The predicted octanol–water partition coefficient (Wildman–Crippen LogP) is 22.4. The first-order chi connectivity index (χ1) is 36.0. The first-order valence-electron chi connectivity index (χ1n) is 33.2. The summed E-state index contributed by atoms with van der Waals surface area (Å²) in [5.74, 6) is -0.843. The minimum Gasteiger partial charge on any atom is -0.462 e.